The molecule has 0 atom stereocenters. The van der Waals surface area contributed by atoms with Crippen LogP contribution >= 0.6 is 11.6 Å². The minimum atomic E-state index is -1.35. The zero-order valence-corrected chi connectivity index (χ0v) is 18.6. The number of aromatic nitrogens is 3. The van der Waals surface area contributed by atoms with Gasteiger partial charge in [0, 0.05) is 22.8 Å². The van der Waals surface area contributed by atoms with E-state index in [0.717, 1.165) is 0 Å². The number of rotatable bonds is 7. The van der Waals surface area contributed by atoms with Crippen LogP contribution in [-0.2, 0) is 22.6 Å². The number of fused-ring (bicyclic) bond motifs is 1. The summed E-state index contributed by atoms with van der Waals surface area (Å²) >= 11 is 6.34. The molecule has 2 heterocycles. The predicted molar refractivity (Wildman–Crippen MR) is 125 cm³/mol. The summed E-state index contributed by atoms with van der Waals surface area (Å²) in [7, 11) is 0. The number of aromatic carboxylic acids is 1. The summed E-state index contributed by atoms with van der Waals surface area (Å²) in [6, 6.07) is 10.7. The lowest BCUT2D eigenvalue weighted by Crippen LogP contribution is -2.17. The highest BCUT2D eigenvalue weighted by atomic mass is 35.5. The molecule has 2 aromatic carbocycles. The molecule has 11 nitrogen and oxygen atoms in total. The number of aromatic amines is 1. The van der Waals surface area contributed by atoms with Crippen molar-refractivity contribution in [1.29, 1.82) is 0 Å². The Kier molecular flexibility index (Phi) is 6.51. The Morgan fingerprint density at radius 3 is 2.54 bits per heavy atom. The number of amides is 1. The predicted octanol–water partition coefficient (Wildman–Crippen LogP) is 3.44. The van der Waals surface area contributed by atoms with Crippen molar-refractivity contribution in [3.05, 3.63) is 87.2 Å². The largest absolute Gasteiger partial charge is 0.481 e. The number of hydrogen-bond acceptors (Lipinski definition) is 6. The van der Waals surface area contributed by atoms with Crippen molar-refractivity contribution in [3.8, 4) is 5.69 Å². The van der Waals surface area contributed by atoms with Gasteiger partial charge in [-0.15, -0.1) is 0 Å². The number of pyridine rings is 1. The highest BCUT2D eigenvalue weighted by Crippen LogP contribution is 2.26. The third kappa shape index (κ3) is 5.47. The van der Waals surface area contributed by atoms with Crippen LogP contribution in [0.4, 0.5) is 10.5 Å². The van der Waals surface area contributed by atoms with E-state index in [9.17, 15) is 24.3 Å². The molecule has 0 unspecified atom stereocenters. The van der Waals surface area contributed by atoms with E-state index in [2.05, 4.69) is 15.3 Å². The maximum absolute atomic E-state index is 12.1. The Labute approximate surface area is 201 Å². The second-order valence-electron chi connectivity index (χ2n) is 7.45. The first-order chi connectivity index (χ1) is 16.7. The number of carbonyl (C=O) groups excluding carboxylic acids is 1. The highest BCUT2D eigenvalue weighted by molar-refractivity contribution is 6.33. The lowest BCUT2D eigenvalue weighted by Gasteiger charge is -2.08. The van der Waals surface area contributed by atoms with Gasteiger partial charge >= 0.3 is 18.0 Å². The number of benzene rings is 2. The van der Waals surface area contributed by atoms with Crippen LogP contribution in [0.5, 0.6) is 0 Å². The third-order valence-electron chi connectivity index (χ3n) is 4.96. The molecule has 178 valence electrons. The van der Waals surface area contributed by atoms with Crippen molar-refractivity contribution >= 4 is 46.2 Å². The zero-order valence-electron chi connectivity index (χ0n) is 17.8. The highest BCUT2D eigenvalue weighted by Gasteiger charge is 2.14. The van der Waals surface area contributed by atoms with Crippen LogP contribution in [0, 0.1) is 0 Å². The van der Waals surface area contributed by atoms with Crippen LogP contribution in [0.25, 0.3) is 16.6 Å². The van der Waals surface area contributed by atoms with Crippen molar-refractivity contribution in [3.63, 3.8) is 0 Å². The molecule has 2 aromatic heterocycles. The Balaban J connectivity index is 1.44. The van der Waals surface area contributed by atoms with E-state index in [0.29, 0.717) is 33.5 Å². The number of aliphatic carboxylic acids is 1. The number of H-pyrrole nitrogens is 1. The Morgan fingerprint density at radius 1 is 1.11 bits per heavy atom. The average molecular weight is 497 g/mol. The van der Waals surface area contributed by atoms with Crippen molar-refractivity contribution in [1.82, 2.24) is 14.5 Å². The van der Waals surface area contributed by atoms with Gasteiger partial charge in [-0.05, 0) is 35.9 Å². The minimum absolute atomic E-state index is 0.118. The summed E-state index contributed by atoms with van der Waals surface area (Å²) in [5.41, 5.74) is 1.19. The molecule has 0 saturated heterocycles. The van der Waals surface area contributed by atoms with Gasteiger partial charge in [0.05, 0.1) is 29.2 Å². The van der Waals surface area contributed by atoms with Gasteiger partial charge in [0.15, 0.2) is 0 Å². The standard InChI is InChI=1S/C23H17ClN4O7/c24-17-8-18-13(6-16(22(32)33)21(31)27-18)7-19(17)28-9-15(25-11-28)10-35-23(34)26-14-3-1-12(2-4-14)5-20(29)30/h1-4,6-9,11H,5,10H2,(H,26,34)(H,27,31)(H,29,30)(H,32,33). The molecule has 0 aliphatic heterocycles. The summed E-state index contributed by atoms with van der Waals surface area (Å²) in [4.78, 5) is 52.6. The fourth-order valence-corrected chi connectivity index (χ4v) is 3.58. The van der Waals surface area contributed by atoms with Crippen LogP contribution in [0.2, 0.25) is 5.02 Å². The molecule has 35 heavy (non-hydrogen) atoms. The van der Waals surface area contributed by atoms with Crippen molar-refractivity contribution in [2.24, 2.45) is 0 Å². The van der Waals surface area contributed by atoms with Crippen LogP contribution in [0.3, 0.4) is 0 Å². The van der Waals surface area contributed by atoms with Crippen LogP contribution in [0.15, 0.2) is 59.8 Å². The molecular weight excluding hydrogens is 480 g/mol. The maximum Gasteiger partial charge on any atom is 0.412 e. The van der Waals surface area contributed by atoms with Gasteiger partial charge in [0.2, 0.25) is 0 Å². The topological polar surface area (TPSA) is 164 Å². The molecule has 1 amide bonds. The number of nitrogens with one attached hydrogen (secondary N) is 2. The van der Waals surface area contributed by atoms with Gasteiger partial charge in [0.25, 0.3) is 5.56 Å². The first kappa shape index (κ1) is 23.5. The van der Waals surface area contributed by atoms with E-state index < -0.39 is 29.2 Å². The summed E-state index contributed by atoms with van der Waals surface area (Å²) in [5, 5.41) is 21.3. The third-order valence-corrected chi connectivity index (χ3v) is 5.27. The number of carboxylic acids is 2. The zero-order chi connectivity index (χ0) is 25.1. The number of imidazole rings is 1. The summed E-state index contributed by atoms with van der Waals surface area (Å²) < 4.78 is 6.75. The number of nitrogens with zero attached hydrogens (tertiary/aromatic N) is 2. The molecule has 0 saturated carbocycles. The lowest BCUT2D eigenvalue weighted by atomic mass is 10.1. The van der Waals surface area contributed by atoms with Crippen LogP contribution < -0.4 is 10.9 Å². The molecule has 0 radical (unpaired) electrons. The van der Waals surface area contributed by atoms with Crippen molar-refractivity contribution in [2.75, 3.05) is 5.32 Å². The lowest BCUT2D eigenvalue weighted by molar-refractivity contribution is -0.136. The number of ether oxygens (including phenoxy) is 1. The normalized spacial score (nSPS) is 10.8. The Hall–Kier alpha value is -4.64. The van der Waals surface area contributed by atoms with E-state index >= 15 is 0 Å². The number of halogens is 1. The number of hydrogen-bond donors (Lipinski definition) is 4. The fraction of sp³-hybridized carbons (Fsp3) is 0.0870. The van der Waals surface area contributed by atoms with Crippen LogP contribution in [-0.4, -0.2) is 42.8 Å². The second-order valence-corrected chi connectivity index (χ2v) is 7.86. The smallest absolute Gasteiger partial charge is 0.412 e. The van der Waals surface area contributed by atoms with E-state index in [4.69, 9.17) is 21.4 Å². The molecule has 4 N–H and O–H groups in total. The number of carboxylic acid groups (broad SMARTS) is 2. The first-order valence-corrected chi connectivity index (χ1v) is 10.4. The molecule has 12 heteroatoms. The first-order valence-electron chi connectivity index (χ1n) is 10.1. The van der Waals surface area contributed by atoms with Gasteiger partial charge in [-0.25, -0.2) is 14.6 Å². The molecule has 4 aromatic rings. The molecule has 0 spiro atoms. The Bertz CT molecular complexity index is 1510. The SMILES string of the molecule is O=C(O)Cc1ccc(NC(=O)OCc2cn(-c3cc4cc(C(=O)O)c(=O)[nH]c4cc3Cl)cn2)cc1. The summed E-state index contributed by atoms with van der Waals surface area (Å²) in [6.07, 6.45) is 2.20. The molecular formula is C23H17ClN4O7. The van der Waals surface area contributed by atoms with Gasteiger partial charge in [0.1, 0.15) is 12.2 Å². The van der Waals surface area contributed by atoms with Gasteiger partial charge < -0.3 is 24.5 Å². The van der Waals surface area contributed by atoms with E-state index in [1.165, 1.54) is 18.5 Å². The van der Waals surface area contributed by atoms with Gasteiger partial charge in [-0.2, -0.15) is 0 Å². The van der Waals surface area contributed by atoms with Crippen molar-refractivity contribution in [2.45, 2.75) is 13.0 Å². The minimum Gasteiger partial charge on any atom is -0.481 e. The number of anilines is 1. The molecule has 0 bridgehead atoms. The summed E-state index contributed by atoms with van der Waals surface area (Å²) in [5.74, 6) is -2.30. The average Bonchev–Trinajstić information content (AvgIpc) is 3.26. The molecule has 0 aliphatic rings. The maximum atomic E-state index is 12.1. The monoisotopic (exact) mass is 496 g/mol. The molecule has 0 aliphatic carbocycles. The number of carbonyl (C=O) groups is 3. The molecule has 4 rings (SSSR count). The van der Waals surface area contributed by atoms with E-state index in [1.54, 1.807) is 41.1 Å². The quantitative estimate of drug-likeness (QED) is 0.302. The Morgan fingerprint density at radius 2 is 1.86 bits per heavy atom. The summed E-state index contributed by atoms with van der Waals surface area (Å²) in [6.45, 7) is -0.141. The van der Waals surface area contributed by atoms with Gasteiger partial charge in [-0.3, -0.25) is 14.9 Å². The fourth-order valence-electron chi connectivity index (χ4n) is 3.32. The van der Waals surface area contributed by atoms with E-state index in [-0.39, 0.29) is 18.1 Å². The van der Waals surface area contributed by atoms with E-state index in [1.807, 2.05) is 0 Å². The van der Waals surface area contributed by atoms with Gasteiger partial charge in [-0.1, -0.05) is 23.7 Å². The van der Waals surface area contributed by atoms with Crippen molar-refractivity contribution < 1.29 is 29.3 Å². The van der Waals surface area contributed by atoms with Crippen LogP contribution in [0.1, 0.15) is 21.6 Å². The molecule has 0 fully saturated rings. The second kappa shape index (κ2) is 9.69.